The Morgan fingerprint density at radius 3 is 2.52 bits per heavy atom. The molecule has 21 heavy (non-hydrogen) atoms. The second-order valence-electron chi connectivity index (χ2n) is 4.57. The lowest BCUT2D eigenvalue weighted by atomic mass is 10.1. The first-order chi connectivity index (χ1) is 9.88. The first-order valence-electron chi connectivity index (χ1n) is 6.00. The van der Waals surface area contributed by atoms with Crippen molar-refractivity contribution in [2.24, 2.45) is 0 Å². The lowest BCUT2D eigenvalue weighted by molar-refractivity contribution is -0.136. The first-order valence-corrected chi connectivity index (χ1v) is 7.44. The fraction of sp³-hybridized carbons (Fsp3) is 0.0714. The van der Waals surface area contributed by atoms with E-state index in [2.05, 4.69) is 0 Å². The van der Waals surface area contributed by atoms with Crippen LogP contribution in [0.4, 0.5) is 0 Å². The number of carbonyl (C=O) groups is 1. The number of furan rings is 1. The van der Waals surface area contributed by atoms with Crippen LogP contribution in [0.1, 0.15) is 5.56 Å². The summed E-state index contributed by atoms with van der Waals surface area (Å²) in [6.07, 6.45) is -0.303. The Morgan fingerprint density at radius 2 is 1.86 bits per heavy atom. The number of fused-ring (bicyclic) bond motifs is 3. The molecule has 0 aliphatic heterocycles. The number of hydrogen-bond donors (Lipinski definition) is 2. The van der Waals surface area contributed by atoms with Gasteiger partial charge in [0.05, 0.1) is 6.42 Å². The number of carboxylic acid groups (broad SMARTS) is 1. The molecule has 0 atom stereocenters. The second-order valence-corrected chi connectivity index (χ2v) is 5.96. The highest BCUT2D eigenvalue weighted by Gasteiger charge is 2.22. The molecule has 1 aromatic heterocycles. The van der Waals surface area contributed by atoms with Crippen molar-refractivity contribution < 1.29 is 27.3 Å². The van der Waals surface area contributed by atoms with Crippen molar-refractivity contribution in [2.75, 3.05) is 0 Å². The molecule has 0 fully saturated rings. The molecule has 7 heteroatoms. The normalized spacial score (nSPS) is 12.0. The topological polar surface area (TPSA) is 105 Å². The molecule has 0 amide bonds. The molecule has 6 nitrogen and oxygen atoms in total. The summed E-state index contributed by atoms with van der Waals surface area (Å²) in [7, 11) is -4.44. The van der Waals surface area contributed by atoms with Crippen LogP contribution in [0.15, 0.2) is 45.7 Å². The number of aliphatic carboxylic acids is 1. The lowest BCUT2D eigenvalue weighted by Crippen LogP contribution is -2.03. The molecule has 3 aromatic rings. The summed E-state index contributed by atoms with van der Waals surface area (Å²) in [5.41, 5.74) is 0.935. The van der Waals surface area contributed by atoms with Crippen molar-refractivity contribution in [1.29, 1.82) is 0 Å². The van der Waals surface area contributed by atoms with E-state index >= 15 is 0 Å². The van der Waals surface area contributed by atoms with Crippen molar-refractivity contribution in [3.63, 3.8) is 0 Å². The Hall–Kier alpha value is -2.38. The van der Waals surface area contributed by atoms with Gasteiger partial charge in [0.25, 0.3) is 10.1 Å². The first kappa shape index (κ1) is 13.6. The highest BCUT2D eigenvalue weighted by atomic mass is 32.2. The summed E-state index contributed by atoms with van der Waals surface area (Å²) in [6.45, 7) is 0. The van der Waals surface area contributed by atoms with E-state index in [4.69, 9.17) is 9.52 Å². The molecular formula is C14H10O6S. The van der Waals surface area contributed by atoms with Crippen LogP contribution in [0.25, 0.3) is 21.9 Å². The maximum atomic E-state index is 11.5. The number of benzene rings is 2. The maximum Gasteiger partial charge on any atom is 0.307 e. The molecule has 3 rings (SSSR count). The van der Waals surface area contributed by atoms with E-state index in [0.29, 0.717) is 16.5 Å². The lowest BCUT2D eigenvalue weighted by Gasteiger charge is -2.03. The van der Waals surface area contributed by atoms with Crippen LogP contribution in [-0.2, 0) is 21.3 Å². The van der Waals surface area contributed by atoms with Crippen LogP contribution in [0.2, 0.25) is 0 Å². The minimum Gasteiger partial charge on any atom is -0.481 e. The van der Waals surface area contributed by atoms with Crippen LogP contribution >= 0.6 is 0 Å². The zero-order valence-corrected chi connectivity index (χ0v) is 11.4. The van der Waals surface area contributed by atoms with Crippen LogP contribution < -0.4 is 0 Å². The molecule has 0 aliphatic rings. The zero-order valence-electron chi connectivity index (χ0n) is 10.6. The Bertz CT molecular complexity index is 968. The van der Waals surface area contributed by atoms with Crippen molar-refractivity contribution >= 4 is 38.0 Å². The van der Waals surface area contributed by atoms with E-state index in [-0.39, 0.29) is 22.3 Å². The van der Waals surface area contributed by atoms with Gasteiger partial charge in [-0.25, -0.2) is 0 Å². The van der Waals surface area contributed by atoms with E-state index in [9.17, 15) is 17.8 Å². The standard InChI is InChI=1S/C14H10O6S/c15-12(16)7-8-5-6-11(21(17,18)19)13-9-3-1-2-4-10(9)20-14(8)13/h1-6H,7H2,(H,15,16)(H,17,18,19). The summed E-state index contributed by atoms with van der Waals surface area (Å²) < 4.78 is 38.0. The smallest absolute Gasteiger partial charge is 0.307 e. The fourth-order valence-electron chi connectivity index (χ4n) is 2.37. The minimum atomic E-state index is -4.44. The van der Waals surface area contributed by atoms with Crippen molar-refractivity contribution in [1.82, 2.24) is 0 Å². The maximum absolute atomic E-state index is 11.5. The van der Waals surface area contributed by atoms with E-state index < -0.39 is 16.1 Å². The molecule has 0 saturated heterocycles. The zero-order chi connectivity index (χ0) is 15.2. The van der Waals surface area contributed by atoms with Gasteiger partial charge in [-0.3, -0.25) is 9.35 Å². The molecule has 0 spiro atoms. The summed E-state index contributed by atoms with van der Waals surface area (Å²) in [4.78, 5) is 10.6. The molecule has 0 aliphatic carbocycles. The van der Waals surface area contributed by atoms with Crippen LogP contribution in [0, 0.1) is 0 Å². The van der Waals surface area contributed by atoms with Gasteiger partial charge in [-0.15, -0.1) is 0 Å². The second kappa shape index (κ2) is 4.57. The Kier molecular flexibility index (Phi) is 2.96. The molecular weight excluding hydrogens is 296 g/mol. The Morgan fingerprint density at radius 1 is 1.14 bits per heavy atom. The SMILES string of the molecule is O=C(O)Cc1ccc(S(=O)(=O)O)c2c1oc1ccccc12. The predicted octanol–water partition coefficient (Wildman–Crippen LogP) is 2.46. The quantitative estimate of drug-likeness (QED) is 0.720. The highest BCUT2D eigenvalue weighted by Crippen LogP contribution is 2.35. The van der Waals surface area contributed by atoms with E-state index in [1.165, 1.54) is 12.1 Å². The molecule has 0 unspecified atom stereocenters. The summed E-state index contributed by atoms with van der Waals surface area (Å²) in [6, 6.07) is 9.25. The molecule has 2 aromatic carbocycles. The van der Waals surface area contributed by atoms with Gasteiger partial charge in [-0.05, 0) is 12.1 Å². The third-order valence-corrected chi connectivity index (χ3v) is 4.09. The third-order valence-electron chi connectivity index (χ3n) is 3.19. The van der Waals surface area contributed by atoms with Crippen molar-refractivity contribution in [2.45, 2.75) is 11.3 Å². The fourth-order valence-corrected chi connectivity index (χ4v) is 3.07. The number of para-hydroxylation sites is 1. The summed E-state index contributed by atoms with van der Waals surface area (Å²) in [5.74, 6) is -1.06. The van der Waals surface area contributed by atoms with Gasteiger partial charge in [0.15, 0.2) is 0 Å². The van der Waals surface area contributed by atoms with Gasteiger partial charge >= 0.3 is 5.97 Å². The predicted molar refractivity (Wildman–Crippen MR) is 74.9 cm³/mol. The molecule has 0 bridgehead atoms. The van der Waals surface area contributed by atoms with E-state index in [1.807, 2.05) is 0 Å². The molecule has 0 radical (unpaired) electrons. The van der Waals surface area contributed by atoms with Gasteiger partial charge in [0, 0.05) is 16.3 Å². The Labute approximate surface area is 119 Å². The van der Waals surface area contributed by atoms with Gasteiger partial charge < -0.3 is 9.52 Å². The van der Waals surface area contributed by atoms with Crippen LogP contribution in [0.3, 0.4) is 0 Å². The molecule has 108 valence electrons. The summed E-state index contributed by atoms with van der Waals surface area (Å²) in [5, 5.41) is 9.63. The highest BCUT2D eigenvalue weighted by molar-refractivity contribution is 7.86. The van der Waals surface area contributed by atoms with Crippen molar-refractivity contribution in [3.05, 3.63) is 42.0 Å². The minimum absolute atomic E-state index is 0.161. The molecule has 2 N–H and O–H groups in total. The number of carboxylic acids is 1. The number of rotatable bonds is 3. The van der Waals surface area contributed by atoms with Gasteiger partial charge in [0.2, 0.25) is 0 Å². The average molecular weight is 306 g/mol. The van der Waals surface area contributed by atoms with Crippen molar-refractivity contribution in [3.8, 4) is 0 Å². The molecule has 1 heterocycles. The van der Waals surface area contributed by atoms with E-state index in [1.54, 1.807) is 24.3 Å². The molecule has 0 saturated carbocycles. The largest absolute Gasteiger partial charge is 0.481 e. The number of hydrogen-bond acceptors (Lipinski definition) is 4. The monoisotopic (exact) mass is 306 g/mol. The van der Waals surface area contributed by atoms with Crippen LogP contribution in [-0.4, -0.2) is 24.0 Å². The van der Waals surface area contributed by atoms with Gasteiger partial charge in [0.1, 0.15) is 16.1 Å². The third kappa shape index (κ3) is 2.26. The summed E-state index contributed by atoms with van der Waals surface area (Å²) >= 11 is 0. The van der Waals surface area contributed by atoms with E-state index in [0.717, 1.165) is 0 Å². The Balaban J connectivity index is 2.49. The van der Waals surface area contributed by atoms with Gasteiger partial charge in [-0.1, -0.05) is 24.3 Å². The van der Waals surface area contributed by atoms with Gasteiger partial charge in [-0.2, -0.15) is 8.42 Å². The average Bonchev–Trinajstić information content (AvgIpc) is 2.77. The van der Waals surface area contributed by atoms with Crippen LogP contribution in [0.5, 0.6) is 0 Å².